The van der Waals surface area contributed by atoms with Crippen molar-refractivity contribution in [1.29, 1.82) is 0 Å². The topological polar surface area (TPSA) is 76.1 Å². The van der Waals surface area contributed by atoms with E-state index in [1.165, 1.54) is 5.56 Å². The zero-order chi connectivity index (χ0) is 17.8. The second kappa shape index (κ2) is 7.23. The summed E-state index contributed by atoms with van der Waals surface area (Å²) in [6, 6.07) is 16.9. The number of para-hydroxylation sites is 1. The van der Waals surface area contributed by atoms with Gasteiger partial charge in [0.05, 0.1) is 6.54 Å². The minimum atomic E-state index is -0.137. The van der Waals surface area contributed by atoms with Crippen molar-refractivity contribution in [2.45, 2.75) is 12.5 Å². The summed E-state index contributed by atoms with van der Waals surface area (Å²) in [6.07, 6.45) is 4.09. The van der Waals surface area contributed by atoms with E-state index in [0.29, 0.717) is 18.1 Å². The number of hydrogen-bond donors (Lipinski definition) is 2. The molecule has 26 heavy (non-hydrogen) atoms. The Morgan fingerprint density at radius 3 is 2.77 bits per heavy atom. The lowest BCUT2D eigenvalue weighted by molar-refractivity contribution is 0.0933. The van der Waals surface area contributed by atoms with Crippen LogP contribution in [0.1, 0.15) is 15.9 Å². The number of nitrogens with zero attached hydrogens (tertiary/aromatic N) is 2. The molecule has 1 aliphatic heterocycles. The van der Waals surface area contributed by atoms with Crippen molar-refractivity contribution in [2.75, 3.05) is 11.9 Å². The first kappa shape index (κ1) is 16.1. The van der Waals surface area contributed by atoms with Crippen LogP contribution < -0.4 is 15.4 Å². The van der Waals surface area contributed by atoms with Gasteiger partial charge in [-0.15, -0.1) is 0 Å². The number of aromatic nitrogens is 2. The van der Waals surface area contributed by atoms with Crippen LogP contribution in [0.5, 0.6) is 5.75 Å². The quantitative estimate of drug-likeness (QED) is 0.743. The van der Waals surface area contributed by atoms with E-state index < -0.39 is 0 Å². The molecule has 0 fully saturated rings. The molecule has 0 saturated carbocycles. The number of anilines is 2. The van der Waals surface area contributed by atoms with Crippen molar-refractivity contribution in [2.24, 2.45) is 0 Å². The van der Waals surface area contributed by atoms with Gasteiger partial charge in [0.15, 0.2) is 0 Å². The minimum absolute atomic E-state index is 0.0321. The van der Waals surface area contributed by atoms with Crippen LogP contribution in [0.25, 0.3) is 0 Å². The van der Waals surface area contributed by atoms with Crippen LogP contribution in [-0.2, 0) is 6.42 Å². The maximum absolute atomic E-state index is 12.5. The van der Waals surface area contributed by atoms with E-state index in [0.717, 1.165) is 17.9 Å². The minimum Gasteiger partial charge on any atom is -0.488 e. The molecule has 0 aliphatic carbocycles. The molecule has 0 bridgehead atoms. The molecule has 3 aromatic rings. The molecular formula is C20H18N4O2. The first-order chi connectivity index (χ1) is 12.8. The molecule has 1 aliphatic rings. The second-order valence-electron chi connectivity index (χ2n) is 6.04. The molecular weight excluding hydrogens is 328 g/mol. The summed E-state index contributed by atoms with van der Waals surface area (Å²) in [4.78, 5) is 20.7. The molecule has 6 nitrogen and oxygen atoms in total. The van der Waals surface area contributed by atoms with Gasteiger partial charge >= 0.3 is 0 Å². The molecule has 1 aromatic heterocycles. The molecule has 4 rings (SSSR count). The molecule has 1 amide bonds. The molecule has 2 heterocycles. The van der Waals surface area contributed by atoms with Crippen LogP contribution in [0.15, 0.2) is 67.0 Å². The van der Waals surface area contributed by atoms with Crippen molar-refractivity contribution >= 4 is 17.5 Å². The highest BCUT2D eigenvalue weighted by atomic mass is 16.5. The Morgan fingerprint density at radius 2 is 1.92 bits per heavy atom. The third kappa shape index (κ3) is 3.64. The molecule has 1 unspecified atom stereocenters. The predicted molar refractivity (Wildman–Crippen MR) is 98.7 cm³/mol. The predicted octanol–water partition coefficient (Wildman–Crippen LogP) is 2.95. The molecule has 2 N–H and O–H groups in total. The summed E-state index contributed by atoms with van der Waals surface area (Å²) in [6.45, 7) is 0.465. The van der Waals surface area contributed by atoms with Gasteiger partial charge in [-0.3, -0.25) is 4.79 Å². The van der Waals surface area contributed by atoms with Gasteiger partial charge in [0, 0.05) is 30.1 Å². The van der Waals surface area contributed by atoms with Crippen LogP contribution in [-0.4, -0.2) is 28.5 Å². The Kier molecular flexibility index (Phi) is 4.47. The van der Waals surface area contributed by atoms with Gasteiger partial charge in [-0.2, -0.15) is 0 Å². The first-order valence-electron chi connectivity index (χ1n) is 8.45. The fraction of sp³-hybridized carbons (Fsp3) is 0.150. The number of nitrogens with one attached hydrogen (secondary N) is 2. The third-order valence-corrected chi connectivity index (χ3v) is 4.15. The Morgan fingerprint density at radius 1 is 1.08 bits per heavy atom. The number of hydrogen-bond acceptors (Lipinski definition) is 5. The summed E-state index contributed by atoms with van der Waals surface area (Å²) >= 11 is 0. The fourth-order valence-corrected chi connectivity index (χ4v) is 2.91. The lowest BCUT2D eigenvalue weighted by atomic mass is 10.1. The Hall–Kier alpha value is -3.41. The molecule has 2 aromatic carbocycles. The number of fused-ring (bicyclic) bond motifs is 1. The average molecular weight is 346 g/mol. The number of amides is 1. The van der Waals surface area contributed by atoms with Gasteiger partial charge in [0.2, 0.25) is 5.95 Å². The summed E-state index contributed by atoms with van der Waals surface area (Å²) in [5.41, 5.74) is 2.51. The van der Waals surface area contributed by atoms with Crippen LogP contribution in [0.2, 0.25) is 0 Å². The second-order valence-corrected chi connectivity index (χ2v) is 6.04. The van der Waals surface area contributed by atoms with Crippen LogP contribution in [0.4, 0.5) is 11.6 Å². The molecule has 6 heteroatoms. The van der Waals surface area contributed by atoms with E-state index in [-0.39, 0.29) is 12.0 Å². The van der Waals surface area contributed by atoms with Gasteiger partial charge in [0.1, 0.15) is 11.9 Å². The van der Waals surface area contributed by atoms with Crippen molar-refractivity contribution in [1.82, 2.24) is 15.3 Å². The van der Waals surface area contributed by atoms with E-state index in [2.05, 4.69) is 26.7 Å². The zero-order valence-corrected chi connectivity index (χ0v) is 14.1. The standard InChI is InChI=1S/C20H18N4O2/c25-19(23-13-17-12-14-5-1-2-8-18(14)26-17)15-6-3-7-16(11-15)24-20-21-9-4-10-22-20/h1-11,17H,12-13H2,(H,23,25)(H,21,22,24). The van der Waals surface area contributed by atoms with Crippen LogP contribution in [0.3, 0.4) is 0 Å². The monoisotopic (exact) mass is 346 g/mol. The zero-order valence-electron chi connectivity index (χ0n) is 14.1. The third-order valence-electron chi connectivity index (χ3n) is 4.15. The summed E-state index contributed by atoms with van der Waals surface area (Å²) < 4.78 is 5.85. The smallest absolute Gasteiger partial charge is 0.251 e. The molecule has 1 atom stereocenters. The fourth-order valence-electron chi connectivity index (χ4n) is 2.91. The van der Waals surface area contributed by atoms with Crippen molar-refractivity contribution in [3.05, 3.63) is 78.1 Å². The Bertz CT molecular complexity index is 889. The van der Waals surface area contributed by atoms with Gasteiger partial charge in [0.25, 0.3) is 5.91 Å². The first-order valence-corrected chi connectivity index (χ1v) is 8.45. The lowest BCUT2D eigenvalue weighted by Gasteiger charge is -2.12. The summed E-state index contributed by atoms with van der Waals surface area (Å²) in [5, 5.41) is 6.03. The van der Waals surface area contributed by atoms with Gasteiger partial charge in [-0.25, -0.2) is 9.97 Å². The number of ether oxygens (including phenoxy) is 1. The Labute approximate surface area is 151 Å². The highest BCUT2D eigenvalue weighted by molar-refractivity contribution is 5.95. The van der Waals surface area contributed by atoms with E-state index in [1.807, 2.05) is 30.3 Å². The molecule has 0 saturated heterocycles. The summed E-state index contributed by atoms with van der Waals surface area (Å²) in [5.74, 6) is 1.25. The van der Waals surface area contributed by atoms with Crippen LogP contribution >= 0.6 is 0 Å². The normalized spacial score (nSPS) is 15.0. The highest BCUT2D eigenvalue weighted by Gasteiger charge is 2.22. The molecule has 0 radical (unpaired) electrons. The van der Waals surface area contributed by atoms with Gasteiger partial charge in [-0.1, -0.05) is 24.3 Å². The van der Waals surface area contributed by atoms with Crippen molar-refractivity contribution < 1.29 is 9.53 Å². The number of carbonyl (C=O) groups is 1. The summed E-state index contributed by atoms with van der Waals surface area (Å²) in [7, 11) is 0. The van der Waals surface area contributed by atoms with Crippen molar-refractivity contribution in [3.8, 4) is 5.75 Å². The van der Waals surface area contributed by atoms with Crippen LogP contribution in [0, 0.1) is 0 Å². The van der Waals surface area contributed by atoms with Gasteiger partial charge < -0.3 is 15.4 Å². The van der Waals surface area contributed by atoms with E-state index in [1.54, 1.807) is 30.6 Å². The van der Waals surface area contributed by atoms with E-state index >= 15 is 0 Å². The molecule has 0 spiro atoms. The maximum Gasteiger partial charge on any atom is 0.251 e. The van der Waals surface area contributed by atoms with Gasteiger partial charge in [-0.05, 0) is 35.9 Å². The maximum atomic E-state index is 12.5. The molecule has 130 valence electrons. The highest BCUT2D eigenvalue weighted by Crippen LogP contribution is 2.27. The largest absolute Gasteiger partial charge is 0.488 e. The number of rotatable bonds is 5. The Balaban J connectivity index is 1.36. The number of benzene rings is 2. The van der Waals surface area contributed by atoms with E-state index in [9.17, 15) is 4.79 Å². The van der Waals surface area contributed by atoms with E-state index in [4.69, 9.17) is 4.74 Å². The SMILES string of the molecule is O=C(NCC1Cc2ccccc2O1)c1cccc(Nc2ncccn2)c1. The number of carbonyl (C=O) groups excluding carboxylic acids is 1. The average Bonchev–Trinajstić information content (AvgIpc) is 3.10. The lowest BCUT2D eigenvalue weighted by Crippen LogP contribution is -2.34. The van der Waals surface area contributed by atoms with Crippen molar-refractivity contribution in [3.63, 3.8) is 0 Å².